The van der Waals surface area contributed by atoms with Gasteiger partial charge < -0.3 is 15.3 Å². The van der Waals surface area contributed by atoms with Crippen molar-refractivity contribution in [3.05, 3.63) is 0 Å². The van der Waals surface area contributed by atoms with Crippen molar-refractivity contribution in [2.24, 2.45) is 17.8 Å². The molecule has 94 valence electrons. The monoisotopic (exact) mass is 228 g/mol. The van der Waals surface area contributed by atoms with Gasteiger partial charge in [-0.15, -0.1) is 0 Å². The van der Waals surface area contributed by atoms with Gasteiger partial charge in [-0.25, -0.2) is 0 Å². The Bertz CT molecular complexity index is 243. The fourth-order valence-electron chi connectivity index (χ4n) is 2.82. The molecule has 1 aliphatic heterocycles. The highest BCUT2D eigenvalue weighted by Crippen LogP contribution is 2.27. The Balaban J connectivity index is 2.74. The van der Waals surface area contributed by atoms with Crippen molar-refractivity contribution < 1.29 is 9.90 Å². The summed E-state index contributed by atoms with van der Waals surface area (Å²) in [6.45, 7) is 6.05. The van der Waals surface area contributed by atoms with Crippen molar-refractivity contribution in [3.8, 4) is 0 Å². The summed E-state index contributed by atoms with van der Waals surface area (Å²) in [5.74, 6) is -0.343. The first kappa shape index (κ1) is 13.5. The second-order valence-electron chi connectivity index (χ2n) is 5.23. The summed E-state index contributed by atoms with van der Waals surface area (Å²) in [4.78, 5) is 13.6. The lowest BCUT2D eigenvalue weighted by Gasteiger charge is -2.31. The molecule has 4 heteroatoms. The Morgan fingerprint density at radius 1 is 1.50 bits per heavy atom. The molecule has 0 aromatic heterocycles. The fourth-order valence-corrected chi connectivity index (χ4v) is 2.82. The van der Waals surface area contributed by atoms with E-state index in [1.54, 1.807) is 0 Å². The summed E-state index contributed by atoms with van der Waals surface area (Å²) < 4.78 is 0. The molecule has 1 rings (SSSR count). The van der Waals surface area contributed by atoms with Crippen LogP contribution >= 0.6 is 0 Å². The zero-order chi connectivity index (χ0) is 12.3. The number of aliphatic carboxylic acids is 1. The minimum atomic E-state index is -0.677. The Morgan fingerprint density at radius 3 is 2.44 bits per heavy atom. The van der Waals surface area contributed by atoms with E-state index < -0.39 is 5.97 Å². The maximum Gasteiger partial charge on any atom is 0.308 e. The van der Waals surface area contributed by atoms with E-state index in [9.17, 15) is 9.90 Å². The molecule has 0 amide bonds. The summed E-state index contributed by atoms with van der Waals surface area (Å²) >= 11 is 0. The average molecular weight is 228 g/mol. The molecule has 0 aliphatic carbocycles. The number of carboxylic acids is 1. The minimum Gasteiger partial charge on any atom is -0.481 e. The third-order valence-electron chi connectivity index (χ3n) is 3.66. The van der Waals surface area contributed by atoms with Crippen LogP contribution in [0.4, 0.5) is 0 Å². The standard InChI is InChI=1S/C12H24N2O2/c1-8(2)10(12(15)16)11(13-3)9-5-6-14(4)7-9/h8-11,13H,5-7H2,1-4H3,(H,15,16). The predicted octanol–water partition coefficient (Wildman–Crippen LogP) is 0.883. The van der Waals surface area contributed by atoms with Crippen LogP contribution in [-0.2, 0) is 4.79 Å². The van der Waals surface area contributed by atoms with Gasteiger partial charge in [-0.1, -0.05) is 13.8 Å². The van der Waals surface area contributed by atoms with E-state index in [1.165, 1.54) is 0 Å². The lowest BCUT2D eigenvalue weighted by molar-refractivity contribution is -0.145. The Labute approximate surface area is 98.0 Å². The smallest absolute Gasteiger partial charge is 0.308 e. The van der Waals surface area contributed by atoms with Gasteiger partial charge in [0, 0.05) is 12.6 Å². The molecular weight excluding hydrogens is 204 g/mol. The van der Waals surface area contributed by atoms with E-state index >= 15 is 0 Å². The summed E-state index contributed by atoms with van der Waals surface area (Å²) in [6, 6.07) is 0.0856. The molecular formula is C12H24N2O2. The third-order valence-corrected chi connectivity index (χ3v) is 3.66. The average Bonchev–Trinajstić information content (AvgIpc) is 2.59. The number of hydrogen-bond acceptors (Lipinski definition) is 3. The minimum absolute atomic E-state index is 0.0856. The quantitative estimate of drug-likeness (QED) is 0.733. The van der Waals surface area contributed by atoms with Gasteiger partial charge in [0.15, 0.2) is 0 Å². The van der Waals surface area contributed by atoms with Gasteiger partial charge in [-0.3, -0.25) is 4.79 Å². The van der Waals surface area contributed by atoms with E-state index in [0.29, 0.717) is 5.92 Å². The molecule has 1 fully saturated rings. The molecule has 1 saturated heterocycles. The van der Waals surface area contributed by atoms with Crippen molar-refractivity contribution in [3.63, 3.8) is 0 Å². The molecule has 1 aliphatic rings. The van der Waals surface area contributed by atoms with Crippen LogP contribution in [0.1, 0.15) is 20.3 Å². The van der Waals surface area contributed by atoms with Gasteiger partial charge in [0.1, 0.15) is 0 Å². The van der Waals surface area contributed by atoms with Gasteiger partial charge in [0.2, 0.25) is 0 Å². The molecule has 1 heterocycles. The van der Waals surface area contributed by atoms with Crippen molar-refractivity contribution >= 4 is 5.97 Å². The SMILES string of the molecule is CNC(C1CCN(C)C1)C(C(=O)O)C(C)C. The highest BCUT2D eigenvalue weighted by Gasteiger charge is 2.37. The number of likely N-dealkylation sites (tertiary alicyclic amines) is 1. The molecule has 3 unspecified atom stereocenters. The number of carbonyl (C=O) groups is 1. The molecule has 0 aromatic carbocycles. The summed E-state index contributed by atoms with van der Waals surface area (Å²) in [5.41, 5.74) is 0. The van der Waals surface area contributed by atoms with E-state index in [4.69, 9.17) is 0 Å². The maximum atomic E-state index is 11.3. The molecule has 3 atom stereocenters. The summed E-state index contributed by atoms with van der Waals surface area (Å²) in [7, 11) is 3.97. The number of rotatable bonds is 5. The molecule has 4 nitrogen and oxygen atoms in total. The number of hydrogen-bond donors (Lipinski definition) is 2. The lowest BCUT2D eigenvalue weighted by atomic mass is 9.81. The van der Waals surface area contributed by atoms with E-state index in [-0.39, 0.29) is 17.9 Å². The van der Waals surface area contributed by atoms with Gasteiger partial charge in [-0.2, -0.15) is 0 Å². The Morgan fingerprint density at radius 2 is 2.12 bits per heavy atom. The van der Waals surface area contributed by atoms with Gasteiger partial charge >= 0.3 is 5.97 Å². The number of carboxylic acid groups (broad SMARTS) is 1. The first-order valence-corrected chi connectivity index (χ1v) is 6.06. The van der Waals surface area contributed by atoms with Crippen LogP contribution in [0.5, 0.6) is 0 Å². The molecule has 0 radical (unpaired) electrons. The molecule has 2 N–H and O–H groups in total. The van der Waals surface area contributed by atoms with E-state index in [1.807, 2.05) is 20.9 Å². The molecule has 0 aromatic rings. The second kappa shape index (κ2) is 5.64. The van der Waals surface area contributed by atoms with Crippen LogP contribution in [0, 0.1) is 17.8 Å². The van der Waals surface area contributed by atoms with Crippen molar-refractivity contribution in [1.82, 2.24) is 10.2 Å². The van der Waals surface area contributed by atoms with Gasteiger partial charge in [-0.05, 0) is 38.9 Å². The topological polar surface area (TPSA) is 52.6 Å². The van der Waals surface area contributed by atoms with Crippen molar-refractivity contribution in [1.29, 1.82) is 0 Å². The van der Waals surface area contributed by atoms with Crippen LogP contribution in [0.15, 0.2) is 0 Å². The lowest BCUT2D eigenvalue weighted by Crippen LogP contribution is -2.46. The highest BCUT2D eigenvalue weighted by molar-refractivity contribution is 5.71. The first-order valence-electron chi connectivity index (χ1n) is 6.06. The summed E-state index contributed by atoms with van der Waals surface area (Å²) in [5, 5.41) is 12.5. The molecule has 16 heavy (non-hydrogen) atoms. The van der Waals surface area contributed by atoms with Crippen molar-refractivity contribution in [2.75, 3.05) is 27.2 Å². The normalized spacial score (nSPS) is 25.9. The second-order valence-corrected chi connectivity index (χ2v) is 5.23. The van der Waals surface area contributed by atoms with Crippen LogP contribution in [0.3, 0.4) is 0 Å². The largest absolute Gasteiger partial charge is 0.481 e. The van der Waals surface area contributed by atoms with Crippen LogP contribution in [-0.4, -0.2) is 49.2 Å². The zero-order valence-corrected chi connectivity index (χ0v) is 10.7. The Kier molecular flexibility index (Phi) is 4.74. The molecule has 0 bridgehead atoms. The maximum absolute atomic E-state index is 11.3. The van der Waals surface area contributed by atoms with Crippen LogP contribution in [0.2, 0.25) is 0 Å². The Hall–Kier alpha value is -0.610. The van der Waals surface area contributed by atoms with Crippen molar-refractivity contribution in [2.45, 2.75) is 26.3 Å². The van der Waals surface area contributed by atoms with E-state index in [0.717, 1.165) is 19.5 Å². The number of nitrogens with one attached hydrogen (secondary N) is 1. The first-order chi connectivity index (χ1) is 7.47. The van der Waals surface area contributed by atoms with Gasteiger partial charge in [0.25, 0.3) is 0 Å². The zero-order valence-electron chi connectivity index (χ0n) is 10.7. The van der Waals surface area contributed by atoms with Gasteiger partial charge in [0.05, 0.1) is 5.92 Å². The fraction of sp³-hybridized carbons (Fsp3) is 0.917. The highest BCUT2D eigenvalue weighted by atomic mass is 16.4. The van der Waals surface area contributed by atoms with Crippen LogP contribution in [0.25, 0.3) is 0 Å². The predicted molar refractivity (Wildman–Crippen MR) is 64.4 cm³/mol. The molecule has 0 spiro atoms. The third kappa shape index (κ3) is 2.95. The summed E-state index contributed by atoms with van der Waals surface area (Å²) in [6.07, 6.45) is 1.10. The number of nitrogens with zero attached hydrogens (tertiary/aromatic N) is 1. The van der Waals surface area contributed by atoms with E-state index in [2.05, 4.69) is 17.3 Å². The van der Waals surface area contributed by atoms with Crippen LogP contribution < -0.4 is 5.32 Å². The molecule has 0 saturated carbocycles.